The van der Waals surface area contributed by atoms with Crippen molar-refractivity contribution in [2.45, 2.75) is 56.6 Å². The third kappa shape index (κ3) is 3.84. The number of rotatable bonds is 6. The fourth-order valence-electron chi connectivity index (χ4n) is 6.49. The highest BCUT2D eigenvalue weighted by atomic mass is 16.5. The van der Waals surface area contributed by atoms with Crippen LogP contribution in [-0.4, -0.2) is 46.3 Å². The van der Waals surface area contributed by atoms with Crippen LogP contribution in [0, 0.1) is 5.92 Å². The van der Waals surface area contributed by atoms with Gasteiger partial charge in [0.2, 0.25) is 5.82 Å². The summed E-state index contributed by atoms with van der Waals surface area (Å²) in [6, 6.07) is 20.2. The first-order chi connectivity index (χ1) is 16.7. The van der Waals surface area contributed by atoms with E-state index in [0.717, 1.165) is 86.1 Å². The quantitative estimate of drug-likeness (QED) is 0.388. The Morgan fingerprint density at radius 2 is 1.68 bits per heavy atom. The largest absolute Gasteiger partial charge is 0.455 e. The van der Waals surface area contributed by atoms with E-state index in [4.69, 9.17) is 9.26 Å². The second kappa shape index (κ2) is 8.66. The molecule has 1 saturated carbocycles. The molecule has 2 bridgehead atoms. The second-order valence-electron chi connectivity index (χ2n) is 10.4. The zero-order chi connectivity index (χ0) is 23.0. The molecule has 3 aromatic rings. The summed E-state index contributed by atoms with van der Waals surface area (Å²) in [5.74, 6) is 1.75. The van der Waals surface area contributed by atoms with E-state index in [2.05, 4.69) is 22.3 Å². The minimum absolute atomic E-state index is 0.0148. The number of fused-ring (bicyclic) bond motifs is 3. The first kappa shape index (κ1) is 21.5. The van der Waals surface area contributed by atoms with Crippen molar-refractivity contribution in [3.05, 3.63) is 72.1 Å². The molecule has 2 aromatic carbocycles. The van der Waals surface area contributed by atoms with Crippen LogP contribution in [0.15, 0.2) is 65.2 Å². The molecular formula is C28H32N3O3+. The molecule has 0 N–H and O–H groups in total. The van der Waals surface area contributed by atoms with Crippen molar-refractivity contribution in [2.75, 3.05) is 19.6 Å². The number of benzene rings is 2. The maximum Gasteiger partial charge on any atom is 0.317 e. The first-order valence-corrected chi connectivity index (χ1v) is 12.7. The van der Waals surface area contributed by atoms with Crippen LogP contribution in [0.1, 0.15) is 49.9 Å². The Kier molecular flexibility index (Phi) is 5.48. The highest BCUT2D eigenvalue weighted by molar-refractivity contribution is 5.83. The number of carbonyl (C=O) groups excluding carboxylic acids is 1. The zero-order valence-corrected chi connectivity index (χ0v) is 19.6. The third-order valence-electron chi connectivity index (χ3n) is 8.44. The van der Waals surface area contributed by atoms with Gasteiger partial charge >= 0.3 is 5.97 Å². The van der Waals surface area contributed by atoms with Gasteiger partial charge in [-0.2, -0.15) is 4.98 Å². The topological polar surface area (TPSA) is 65.2 Å². The summed E-state index contributed by atoms with van der Waals surface area (Å²) >= 11 is 0. The number of aromatic nitrogens is 2. The predicted molar refractivity (Wildman–Crippen MR) is 127 cm³/mol. The van der Waals surface area contributed by atoms with Gasteiger partial charge < -0.3 is 13.7 Å². The number of hydrogen-bond acceptors (Lipinski definition) is 5. The van der Waals surface area contributed by atoms with E-state index in [9.17, 15) is 4.79 Å². The number of carbonyl (C=O) groups is 1. The van der Waals surface area contributed by atoms with Crippen LogP contribution in [0.25, 0.3) is 11.5 Å². The van der Waals surface area contributed by atoms with E-state index < -0.39 is 5.41 Å². The van der Waals surface area contributed by atoms with Gasteiger partial charge in [-0.05, 0) is 30.5 Å². The Hall–Kier alpha value is -2.99. The summed E-state index contributed by atoms with van der Waals surface area (Å²) in [6.45, 7) is 3.73. The summed E-state index contributed by atoms with van der Waals surface area (Å²) in [5.41, 5.74) is 1.58. The summed E-state index contributed by atoms with van der Waals surface area (Å²) in [4.78, 5) is 18.3. The normalized spacial score (nSPS) is 27.5. The van der Waals surface area contributed by atoms with Crippen LogP contribution >= 0.6 is 0 Å². The van der Waals surface area contributed by atoms with Crippen LogP contribution < -0.4 is 0 Å². The molecule has 1 atom stereocenters. The van der Waals surface area contributed by atoms with Crippen molar-refractivity contribution in [3.63, 3.8) is 0 Å². The van der Waals surface area contributed by atoms with Crippen LogP contribution in [0.3, 0.4) is 0 Å². The highest BCUT2D eigenvalue weighted by Crippen LogP contribution is 2.44. The average Bonchev–Trinajstić information content (AvgIpc) is 3.57. The van der Waals surface area contributed by atoms with Gasteiger partial charge in [0.25, 0.3) is 5.89 Å². The Morgan fingerprint density at radius 1 is 1.00 bits per heavy atom. The first-order valence-electron chi connectivity index (χ1n) is 12.7. The number of quaternary nitrogens is 1. The van der Waals surface area contributed by atoms with E-state index in [0.29, 0.717) is 11.8 Å². The molecule has 176 valence electrons. The monoisotopic (exact) mass is 458 g/mol. The lowest BCUT2D eigenvalue weighted by atomic mass is 9.78. The molecule has 4 fully saturated rings. The Bertz CT molecular complexity index is 1130. The molecule has 6 nitrogen and oxygen atoms in total. The van der Waals surface area contributed by atoms with Crippen molar-refractivity contribution in [1.82, 2.24) is 10.1 Å². The van der Waals surface area contributed by atoms with Gasteiger partial charge in [0, 0.05) is 24.3 Å². The van der Waals surface area contributed by atoms with Gasteiger partial charge in [-0.3, -0.25) is 4.79 Å². The number of hydrogen-bond donors (Lipinski definition) is 0. The highest BCUT2D eigenvalue weighted by Gasteiger charge is 2.51. The molecule has 7 rings (SSSR count). The third-order valence-corrected chi connectivity index (χ3v) is 8.44. The number of piperidine rings is 3. The molecule has 0 spiro atoms. The van der Waals surface area contributed by atoms with Crippen LogP contribution in [0.5, 0.6) is 0 Å². The number of esters is 1. The molecule has 4 aliphatic rings. The van der Waals surface area contributed by atoms with Crippen LogP contribution in [0.4, 0.5) is 0 Å². The van der Waals surface area contributed by atoms with Gasteiger partial charge in [0.05, 0.1) is 18.5 Å². The van der Waals surface area contributed by atoms with Gasteiger partial charge in [-0.15, -0.1) is 0 Å². The van der Waals surface area contributed by atoms with E-state index in [1.165, 1.54) is 0 Å². The summed E-state index contributed by atoms with van der Waals surface area (Å²) in [5, 5.41) is 4.29. The molecule has 0 radical (unpaired) electrons. The molecule has 0 unspecified atom stereocenters. The molecule has 3 aliphatic heterocycles. The molecule has 6 heteroatoms. The van der Waals surface area contributed by atoms with E-state index in [-0.39, 0.29) is 12.1 Å². The van der Waals surface area contributed by atoms with Crippen LogP contribution in [-0.2, 0) is 21.5 Å². The molecule has 34 heavy (non-hydrogen) atoms. The molecule has 4 heterocycles. The predicted octanol–water partition coefficient (Wildman–Crippen LogP) is 4.90. The lowest BCUT2D eigenvalue weighted by Crippen LogP contribution is -2.64. The summed E-state index contributed by atoms with van der Waals surface area (Å²) in [7, 11) is 0. The smallest absolute Gasteiger partial charge is 0.317 e. The lowest BCUT2D eigenvalue weighted by Gasteiger charge is -2.51. The van der Waals surface area contributed by atoms with Crippen molar-refractivity contribution >= 4 is 5.97 Å². The average molecular weight is 459 g/mol. The fraction of sp³-hybridized carbons (Fsp3) is 0.464. The SMILES string of the molecule is O=C(O[C@H]1C[N+]2(Cc3noc(-c4ccccc4)n3)CCC1CC2)C1(c2ccccc2)CCCC1. The number of ether oxygens (including phenoxy) is 1. The van der Waals surface area contributed by atoms with E-state index >= 15 is 0 Å². The van der Waals surface area contributed by atoms with E-state index in [1.807, 2.05) is 48.5 Å². The standard InChI is InChI=1S/C28H32N3O3/c32-27(28(15-7-8-16-28)23-11-5-2-6-12-23)33-24-19-31(17-13-21(24)14-18-31)20-25-29-26(34-30-25)22-9-3-1-4-10-22/h1-6,9-12,21,24H,7-8,13-20H2/q+1/t21?,24-,31?/m0/s1. The Labute approximate surface area is 200 Å². The van der Waals surface area contributed by atoms with Gasteiger partial charge in [-0.25, -0.2) is 0 Å². The van der Waals surface area contributed by atoms with Crippen LogP contribution in [0.2, 0.25) is 0 Å². The minimum atomic E-state index is -0.476. The molecule has 0 amide bonds. The maximum atomic E-state index is 13.7. The molecule has 3 saturated heterocycles. The number of nitrogens with zero attached hydrogens (tertiary/aromatic N) is 3. The van der Waals surface area contributed by atoms with Crippen molar-refractivity contribution < 1.29 is 18.5 Å². The Morgan fingerprint density at radius 3 is 2.38 bits per heavy atom. The lowest BCUT2D eigenvalue weighted by molar-refractivity contribution is -0.958. The van der Waals surface area contributed by atoms with Gasteiger partial charge in [0.15, 0.2) is 6.10 Å². The molecule has 1 aromatic heterocycles. The van der Waals surface area contributed by atoms with Crippen molar-refractivity contribution in [1.29, 1.82) is 0 Å². The zero-order valence-electron chi connectivity index (χ0n) is 19.6. The summed E-state index contributed by atoms with van der Waals surface area (Å²) < 4.78 is 12.8. The van der Waals surface area contributed by atoms with Crippen molar-refractivity contribution in [3.8, 4) is 11.5 Å². The van der Waals surface area contributed by atoms with Gasteiger partial charge in [-0.1, -0.05) is 66.5 Å². The van der Waals surface area contributed by atoms with Gasteiger partial charge in [0.1, 0.15) is 13.1 Å². The molecule has 1 aliphatic carbocycles. The fourth-order valence-corrected chi connectivity index (χ4v) is 6.49. The Balaban J connectivity index is 1.18. The maximum absolute atomic E-state index is 13.7. The summed E-state index contributed by atoms with van der Waals surface area (Å²) in [6.07, 6.45) is 6.08. The van der Waals surface area contributed by atoms with E-state index in [1.54, 1.807) is 0 Å². The van der Waals surface area contributed by atoms with Crippen molar-refractivity contribution in [2.24, 2.45) is 5.92 Å². The minimum Gasteiger partial charge on any atom is -0.455 e. The molecular weight excluding hydrogens is 426 g/mol. The second-order valence-corrected chi connectivity index (χ2v) is 10.4.